The van der Waals surface area contributed by atoms with Gasteiger partial charge in [0.1, 0.15) is 12.1 Å². The minimum absolute atomic E-state index is 0.0786. The van der Waals surface area contributed by atoms with Gasteiger partial charge in [0.05, 0.1) is 14.2 Å². The van der Waals surface area contributed by atoms with E-state index in [1.807, 2.05) is 13.8 Å². The summed E-state index contributed by atoms with van der Waals surface area (Å²) in [5.41, 5.74) is 5.36. The summed E-state index contributed by atoms with van der Waals surface area (Å²) in [4.78, 5) is 59.7. The Morgan fingerprint density at radius 1 is 0.926 bits per heavy atom. The maximum Gasteiger partial charge on any atom is 0.320 e. The van der Waals surface area contributed by atoms with Gasteiger partial charge in [-0.15, -0.1) is 0 Å². The van der Waals surface area contributed by atoms with Gasteiger partial charge in [-0.1, -0.05) is 20.8 Å². The van der Waals surface area contributed by atoms with Crippen LogP contribution in [0.25, 0.3) is 0 Å². The Kier molecular flexibility index (Phi) is 10.1. The fourth-order valence-electron chi connectivity index (χ4n) is 2.64. The quantitative estimate of drug-likeness (QED) is 0.324. The molecule has 0 unspecified atom stereocenters. The molecule has 3 atom stereocenters. The number of ether oxygens (including phenoxy) is 2. The largest absolute Gasteiger partial charge is 0.468 e. The van der Waals surface area contributed by atoms with Gasteiger partial charge in [0.25, 0.3) is 0 Å². The monoisotopic (exact) mass is 387 g/mol. The Bertz CT molecular complexity index is 561. The van der Waals surface area contributed by atoms with Crippen molar-refractivity contribution in [2.24, 2.45) is 23.5 Å². The van der Waals surface area contributed by atoms with Crippen LogP contribution in [0.1, 0.15) is 34.1 Å². The van der Waals surface area contributed by atoms with Gasteiger partial charge in [0.15, 0.2) is 5.92 Å². The first-order valence-electron chi connectivity index (χ1n) is 8.48. The number of carbonyl (C=O) groups is 5. The first-order chi connectivity index (χ1) is 12.5. The number of amides is 3. The fraction of sp³-hybridized carbons (Fsp3) is 0.706. The van der Waals surface area contributed by atoms with Crippen molar-refractivity contribution in [1.82, 2.24) is 10.6 Å². The average molecular weight is 387 g/mol. The molecule has 0 rings (SSSR count). The summed E-state index contributed by atoms with van der Waals surface area (Å²) in [5.74, 6) is -6.27. The van der Waals surface area contributed by atoms with Gasteiger partial charge in [0.2, 0.25) is 17.7 Å². The van der Waals surface area contributed by atoms with Crippen LogP contribution in [0.3, 0.4) is 0 Å². The van der Waals surface area contributed by atoms with Crippen LogP contribution in [0.15, 0.2) is 0 Å². The van der Waals surface area contributed by atoms with E-state index in [0.717, 1.165) is 14.2 Å². The van der Waals surface area contributed by atoms with Gasteiger partial charge in [-0.05, 0) is 12.3 Å². The Morgan fingerprint density at radius 3 is 1.74 bits per heavy atom. The number of hydrogen-bond acceptors (Lipinski definition) is 7. The summed E-state index contributed by atoms with van der Waals surface area (Å²) < 4.78 is 9.16. The number of rotatable bonds is 10. The van der Waals surface area contributed by atoms with Crippen LogP contribution < -0.4 is 16.4 Å². The number of carbonyl (C=O) groups excluding carboxylic acids is 5. The fourth-order valence-corrected chi connectivity index (χ4v) is 2.64. The molecule has 0 fully saturated rings. The third kappa shape index (κ3) is 7.63. The third-order valence-corrected chi connectivity index (χ3v) is 3.97. The maximum atomic E-state index is 12.6. The number of methoxy groups -OCH3 is 2. The SMILES string of the molecule is COC(=O)C(C(=O)OC)[C@@H](C)[C@@H](NC(=O)[C@H](CC(C)C)NC(C)=O)C(N)=O. The van der Waals surface area contributed by atoms with E-state index in [1.54, 1.807) is 0 Å². The number of nitrogens with two attached hydrogens (primary N) is 1. The summed E-state index contributed by atoms with van der Waals surface area (Å²) in [7, 11) is 2.16. The van der Waals surface area contributed by atoms with Gasteiger partial charge >= 0.3 is 11.9 Å². The molecule has 0 aliphatic carbocycles. The molecule has 0 bridgehead atoms. The zero-order chi connectivity index (χ0) is 21.3. The molecule has 10 nitrogen and oxygen atoms in total. The molecule has 0 saturated heterocycles. The standard InChI is InChI=1S/C17H29N3O7/c1-8(2)7-11(19-10(4)21)15(23)20-13(14(18)22)9(3)12(16(24)26-5)17(25)27-6/h8-9,11-13H,7H2,1-6H3,(H2,18,22)(H,19,21)(H,20,23)/t9-,11+,13-/m1/s1. The molecule has 0 aromatic carbocycles. The van der Waals surface area contributed by atoms with Crippen LogP contribution in [-0.2, 0) is 33.4 Å². The molecule has 10 heteroatoms. The van der Waals surface area contributed by atoms with Crippen molar-refractivity contribution < 1.29 is 33.4 Å². The molecule has 4 N–H and O–H groups in total. The van der Waals surface area contributed by atoms with E-state index in [-0.39, 0.29) is 5.92 Å². The summed E-state index contributed by atoms with van der Waals surface area (Å²) in [6.45, 7) is 6.38. The molecule has 27 heavy (non-hydrogen) atoms. The molecule has 0 saturated carbocycles. The number of nitrogens with one attached hydrogen (secondary N) is 2. The summed E-state index contributed by atoms with van der Waals surface area (Å²) in [6, 6.07) is -2.25. The van der Waals surface area contributed by atoms with E-state index < -0.39 is 53.6 Å². The highest BCUT2D eigenvalue weighted by Gasteiger charge is 2.41. The van der Waals surface area contributed by atoms with E-state index in [4.69, 9.17) is 5.73 Å². The van der Waals surface area contributed by atoms with Crippen LogP contribution in [0.4, 0.5) is 0 Å². The predicted octanol–water partition coefficient (Wildman–Crippen LogP) is -0.894. The van der Waals surface area contributed by atoms with Crippen LogP contribution in [0.2, 0.25) is 0 Å². The summed E-state index contributed by atoms with van der Waals surface area (Å²) >= 11 is 0. The van der Waals surface area contributed by atoms with E-state index in [1.165, 1.54) is 13.8 Å². The molecule has 0 heterocycles. The Hall–Kier alpha value is -2.65. The first kappa shape index (κ1) is 24.4. The van der Waals surface area contributed by atoms with Gasteiger partial charge in [-0.25, -0.2) is 0 Å². The van der Waals surface area contributed by atoms with Gasteiger partial charge in [0, 0.05) is 12.8 Å². The minimum Gasteiger partial charge on any atom is -0.468 e. The maximum absolute atomic E-state index is 12.6. The number of esters is 2. The van der Waals surface area contributed by atoms with Crippen molar-refractivity contribution in [2.75, 3.05) is 14.2 Å². The van der Waals surface area contributed by atoms with Crippen molar-refractivity contribution in [3.05, 3.63) is 0 Å². The molecular formula is C17H29N3O7. The summed E-state index contributed by atoms with van der Waals surface area (Å²) in [6.07, 6.45) is 0.322. The molecule has 0 spiro atoms. The summed E-state index contributed by atoms with van der Waals surface area (Å²) in [5, 5.41) is 4.93. The van der Waals surface area contributed by atoms with E-state index in [9.17, 15) is 24.0 Å². The smallest absolute Gasteiger partial charge is 0.320 e. The van der Waals surface area contributed by atoms with Crippen LogP contribution >= 0.6 is 0 Å². The molecule has 154 valence electrons. The topological polar surface area (TPSA) is 154 Å². The molecule has 0 aliphatic heterocycles. The molecule has 0 radical (unpaired) electrons. The van der Waals surface area contributed by atoms with Crippen molar-refractivity contribution in [1.29, 1.82) is 0 Å². The molecule has 3 amide bonds. The minimum atomic E-state index is -1.46. The highest BCUT2D eigenvalue weighted by Crippen LogP contribution is 2.20. The van der Waals surface area contributed by atoms with Crippen molar-refractivity contribution in [2.45, 2.75) is 46.2 Å². The Balaban J connectivity index is 5.59. The van der Waals surface area contributed by atoms with Crippen molar-refractivity contribution >= 4 is 29.7 Å². The van der Waals surface area contributed by atoms with E-state index in [0.29, 0.717) is 6.42 Å². The second-order valence-corrected chi connectivity index (χ2v) is 6.65. The van der Waals surface area contributed by atoms with E-state index >= 15 is 0 Å². The zero-order valence-electron chi connectivity index (χ0n) is 16.5. The number of primary amides is 1. The first-order valence-corrected chi connectivity index (χ1v) is 8.48. The second-order valence-electron chi connectivity index (χ2n) is 6.65. The second kappa shape index (κ2) is 11.1. The molecule has 0 aliphatic rings. The molecular weight excluding hydrogens is 358 g/mol. The Morgan fingerprint density at radius 2 is 1.41 bits per heavy atom. The highest BCUT2D eigenvalue weighted by atomic mass is 16.5. The lowest BCUT2D eigenvalue weighted by molar-refractivity contribution is -0.162. The van der Waals surface area contributed by atoms with Crippen molar-refractivity contribution in [3.63, 3.8) is 0 Å². The van der Waals surface area contributed by atoms with Crippen LogP contribution in [0.5, 0.6) is 0 Å². The normalized spacial score (nSPS) is 14.1. The predicted molar refractivity (Wildman–Crippen MR) is 94.9 cm³/mol. The lowest BCUT2D eigenvalue weighted by atomic mass is 9.86. The lowest BCUT2D eigenvalue weighted by Crippen LogP contribution is -2.57. The zero-order valence-corrected chi connectivity index (χ0v) is 16.5. The molecule has 0 aromatic heterocycles. The van der Waals surface area contributed by atoms with Crippen molar-refractivity contribution in [3.8, 4) is 0 Å². The van der Waals surface area contributed by atoms with Gasteiger partial charge in [-0.3, -0.25) is 24.0 Å². The van der Waals surface area contributed by atoms with E-state index in [2.05, 4.69) is 20.1 Å². The molecule has 0 aromatic rings. The van der Waals surface area contributed by atoms with Gasteiger partial charge in [-0.2, -0.15) is 0 Å². The average Bonchev–Trinajstić information content (AvgIpc) is 2.57. The third-order valence-electron chi connectivity index (χ3n) is 3.97. The highest BCUT2D eigenvalue weighted by molar-refractivity contribution is 5.97. The van der Waals surface area contributed by atoms with Crippen LogP contribution in [0, 0.1) is 17.8 Å². The van der Waals surface area contributed by atoms with Gasteiger partial charge < -0.3 is 25.8 Å². The lowest BCUT2D eigenvalue weighted by Gasteiger charge is -2.28. The van der Waals surface area contributed by atoms with Crippen LogP contribution in [-0.4, -0.2) is 56.0 Å². The Labute approximate surface area is 158 Å². The number of hydrogen-bond donors (Lipinski definition) is 3.